The maximum absolute atomic E-state index is 12.4. The fourth-order valence-corrected chi connectivity index (χ4v) is 2.97. The number of amides is 1. The van der Waals surface area contributed by atoms with E-state index in [1.807, 2.05) is 30.3 Å². The van der Waals surface area contributed by atoms with Crippen molar-refractivity contribution in [2.45, 2.75) is 39.7 Å². The molecule has 0 radical (unpaired) electrons. The van der Waals surface area contributed by atoms with E-state index >= 15 is 0 Å². The number of rotatable bonds is 5. The van der Waals surface area contributed by atoms with Gasteiger partial charge in [-0.3, -0.25) is 4.79 Å². The van der Waals surface area contributed by atoms with Gasteiger partial charge < -0.3 is 10.2 Å². The van der Waals surface area contributed by atoms with Crippen LogP contribution in [0.15, 0.2) is 30.3 Å². The molecule has 1 aliphatic rings. The van der Waals surface area contributed by atoms with Crippen LogP contribution in [0.5, 0.6) is 0 Å². The Labute approximate surface area is 148 Å². The van der Waals surface area contributed by atoms with Crippen molar-refractivity contribution in [2.75, 3.05) is 18.0 Å². The smallest absolute Gasteiger partial charge is 0.250 e. The summed E-state index contributed by atoms with van der Waals surface area (Å²) in [5.41, 5.74) is 0.938. The molecule has 1 fully saturated rings. The number of carbonyl (C=O) groups excluding carboxylic acids is 1. The summed E-state index contributed by atoms with van der Waals surface area (Å²) in [5, 5.41) is 15.3. The van der Waals surface area contributed by atoms with Crippen molar-refractivity contribution in [2.24, 2.45) is 11.8 Å². The topological polar surface area (TPSA) is 75.9 Å². The van der Waals surface area contributed by atoms with Crippen LogP contribution < -0.4 is 10.2 Å². The second-order valence-corrected chi connectivity index (χ2v) is 7.03. The molecule has 1 aromatic carbocycles. The van der Waals surface area contributed by atoms with Crippen LogP contribution in [0.25, 0.3) is 5.69 Å². The van der Waals surface area contributed by atoms with Gasteiger partial charge in [0.2, 0.25) is 11.9 Å². The Hall–Kier alpha value is -2.44. The van der Waals surface area contributed by atoms with E-state index in [0.717, 1.165) is 37.6 Å². The second-order valence-electron chi connectivity index (χ2n) is 7.03. The Bertz CT molecular complexity index is 691. The lowest BCUT2D eigenvalue weighted by Gasteiger charge is -2.32. The first-order valence-electron chi connectivity index (χ1n) is 8.95. The SMILES string of the molecule is CC(C)[C@@H](C)NC(=O)C1CCN(c2nnnn2-c2ccccc2)CC1. The molecule has 1 aliphatic heterocycles. The summed E-state index contributed by atoms with van der Waals surface area (Å²) in [5.74, 6) is 1.42. The summed E-state index contributed by atoms with van der Waals surface area (Å²) in [6.45, 7) is 7.86. The van der Waals surface area contributed by atoms with Crippen molar-refractivity contribution in [3.8, 4) is 5.69 Å². The fraction of sp³-hybridized carbons (Fsp3) is 0.556. The number of benzene rings is 1. The van der Waals surface area contributed by atoms with Crippen molar-refractivity contribution in [1.82, 2.24) is 25.5 Å². The molecule has 134 valence electrons. The van der Waals surface area contributed by atoms with E-state index in [9.17, 15) is 4.79 Å². The highest BCUT2D eigenvalue weighted by molar-refractivity contribution is 5.79. The fourth-order valence-electron chi connectivity index (χ4n) is 2.97. The Morgan fingerprint density at radius 1 is 1.16 bits per heavy atom. The van der Waals surface area contributed by atoms with Gasteiger partial charge in [0.05, 0.1) is 5.69 Å². The van der Waals surface area contributed by atoms with Crippen LogP contribution in [-0.4, -0.2) is 45.2 Å². The normalized spacial score (nSPS) is 16.9. The molecule has 25 heavy (non-hydrogen) atoms. The lowest BCUT2D eigenvalue weighted by molar-refractivity contribution is -0.126. The summed E-state index contributed by atoms with van der Waals surface area (Å²) in [6, 6.07) is 10.1. The zero-order chi connectivity index (χ0) is 17.8. The van der Waals surface area contributed by atoms with E-state index < -0.39 is 0 Å². The number of anilines is 1. The summed E-state index contributed by atoms with van der Waals surface area (Å²) in [6.07, 6.45) is 1.64. The minimum atomic E-state index is 0.0681. The molecule has 2 heterocycles. The van der Waals surface area contributed by atoms with Gasteiger partial charge in [-0.25, -0.2) is 0 Å². The first kappa shape index (κ1) is 17.4. The largest absolute Gasteiger partial charge is 0.353 e. The number of nitrogens with one attached hydrogen (secondary N) is 1. The third-order valence-corrected chi connectivity index (χ3v) is 4.97. The zero-order valence-electron chi connectivity index (χ0n) is 15.1. The van der Waals surface area contributed by atoms with Gasteiger partial charge in [0, 0.05) is 25.0 Å². The van der Waals surface area contributed by atoms with Crippen LogP contribution in [0.2, 0.25) is 0 Å². The molecule has 1 aromatic heterocycles. The van der Waals surface area contributed by atoms with E-state index in [-0.39, 0.29) is 17.9 Å². The van der Waals surface area contributed by atoms with Gasteiger partial charge in [-0.1, -0.05) is 37.1 Å². The molecule has 0 spiro atoms. The second kappa shape index (κ2) is 7.63. The summed E-state index contributed by atoms with van der Waals surface area (Å²) >= 11 is 0. The van der Waals surface area contributed by atoms with E-state index in [0.29, 0.717) is 5.92 Å². The van der Waals surface area contributed by atoms with E-state index in [2.05, 4.69) is 46.5 Å². The average Bonchev–Trinajstić information content (AvgIpc) is 3.12. The quantitative estimate of drug-likeness (QED) is 0.900. The maximum Gasteiger partial charge on any atom is 0.250 e. The molecule has 7 nitrogen and oxygen atoms in total. The number of hydrogen-bond donors (Lipinski definition) is 1. The van der Waals surface area contributed by atoms with E-state index in [1.165, 1.54) is 0 Å². The minimum Gasteiger partial charge on any atom is -0.353 e. The van der Waals surface area contributed by atoms with E-state index in [4.69, 9.17) is 0 Å². The number of aromatic nitrogens is 4. The molecule has 2 aromatic rings. The standard InChI is InChI=1S/C18H26N6O/c1-13(2)14(3)19-17(25)15-9-11-23(12-10-15)18-20-21-22-24(18)16-7-5-4-6-8-16/h4-8,13-15H,9-12H2,1-3H3,(H,19,25)/t14-/m1/s1. The molecule has 0 saturated carbocycles. The molecule has 1 N–H and O–H groups in total. The predicted molar refractivity (Wildman–Crippen MR) is 96.5 cm³/mol. The Morgan fingerprint density at radius 3 is 2.48 bits per heavy atom. The van der Waals surface area contributed by atoms with Crippen molar-refractivity contribution in [1.29, 1.82) is 0 Å². The Balaban J connectivity index is 1.62. The highest BCUT2D eigenvalue weighted by atomic mass is 16.1. The van der Waals surface area contributed by atoms with Crippen molar-refractivity contribution in [3.05, 3.63) is 30.3 Å². The molecule has 0 unspecified atom stereocenters. The zero-order valence-corrected chi connectivity index (χ0v) is 15.1. The highest BCUT2D eigenvalue weighted by Crippen LogP contribution is 2.23. The van der Waals surface area contributed by atoms with Gasteiger partial charge in [-0.05, 0) is 48.2 Å². The van der Waals surface area contributed by atoms with Crippen LogP contribution in [0.1, 0.15) is 33.6 Å². The van der Waals surface area contributed by atoms with Gasteiger partial charge in [0.25, 0.3) is 0 Å². The predicted octanol–water partition coefficient (Wildman–Crippen LogP) is 2.04. The monoisotopic (exact) mass is 342 g/mol. The first-order valence-corrected chi connectivity index (χ1v) is 8.95. The Kier molecular flexibility index (Phi) is 5.31. The molecule has 0 aliphatic carbocycles. The minimum absolute atomic E-state index is 0.0681. The molecule has 1 amide bonds. The lowest BCUT2D eigenvalue weighted by Crippen LogP contribution is -2.45. The number of hydrogen-bond acceptors (Lipinski definition) is 5. The molecule has 0 bridgehead atoms. The number of tetrazole rings is 1. The number of piperidine rings is 1. The molecular weight excluding hydrogens is 316 g/mol. The molecule has 3 rings (SSSR count). The van der Waals surface area contributed by atoms with Gasteiger partial charge >= 0.3 is 0 Å². The summed E-state index contributed by atoms with van der Waals surface area (Å²) in [7, 11) is 0. The third kappa shape index (κ3) is 3.97. The van der Waals surface area contributed by atoms with Crippen molar-refractivity contribution in [3.63, 3.8) is 0 Å². The lowest BCUT2D eigenvalue weighted by atomic mass is 9.95. The Morgan fingerprint density at radius 2 is 1.84 bits per heavy atom. The van der Waals surface area contributed by atoms with Crippen LogP contribution >= 0.6 is 0 Å². The van der Waals surface area contributed by atoms with Crippen LogP contribution in [0.3, 0.4) is 0 Å². The van der Waals surface area contributed by atoms with Crippen molar-refractivity contribution >= 4 is 11.9 Å². The average molecular weight is 342 g/mol. The molecule has 7 heteroatoms. The first-order chi connectivity index (χ1) is 12.1. The molecular formula is C18H26N6O. The third-order valence-electron chi connectivity index (χ3n) is 4.97. The van der Waals surface area contributed by atoms with Gasteiger partial charge in [-0.2, -0.15) is 4.68 Å². The van der Waals surface area contributed by atoms with E-state index in [1.54, 1.807) is 4.68 Å². The van der Waals surface area contributed by atoms with Crippen molar-refractivity contribution < 1.29 is 4.79 Å². The molecule has 1 saturated heterocycles. The summed E-state index contributed by atoms with van der Waals surface area (Å²) in [4.78, 5) is 14.6. The number of nitrogens with zero attached hydrogens (tertiary/aromatic N) is 5. The van der Waals surface area contributed by atoms with Crippen LogP contribution in [0, 0.1) is 11.8 Å². The van der Waals surface area contributed by atoms with Gasteiger partial charge in [0.15, 0.2) is 0 Å². The molecule has 1 atom stereocenters. The van der Waals surface area contributed by atoms with Crippen LogP contribution in [0.4, 0.5) is 5.95 Å². The maximum atomic E-state index is 12.4. The van der Waals surface area contributed by atoms with Gasteiger partial charge in [0.1, 0.15) is 0 Å². The number of para-hydroxylation sites is 1. The summed E-state index contributed by atoms with van der Waals surface area (Å²) < 4.78 is 1.75. The highest BCUT2D eigenvalue weighted by Gasteiger charge is 2.28. The van der Waals surface area contributed by atoms with Crippen LogP contribution in [-0.2, 0) is 4.79 Å². The number of carbonyl (C=O) groups is 1. The van der Waals surface area contributed by atoms with Gasteiger partial charge in [-0.15, -0.1) is 0 Å².